The highest BCUT2D eigenvalue weighted by Gasteiger charge is 1.97. The number of amides is 2. The third kappa shape index (κ3) is 28.5. The molecular formula is C17H30N2O4. The van der Waals surface area contributed by atoms with E-state index >= 15 is 0 Å². The van der Waals surface area contributed by atoms with Crippen molar-refractivity contribution in [1.82, 2.24) is 10.6 Å². The highest BCUT2D eigenvalue weighted by Crippen LogP contribution is 1.87. The molecule has 0 aromatic carbocycles. The van der Waals surface area contributed by atoms with Crippen LogP contribution in [0.1, 0.15) is 40.5 Å². The van der Waals surface area contributed by atoms with E-state index in [9.17, 15) is 14.4 Å². The highest BCUT2D eigenvalue weighted by molar-refractivity contribution is 5.92. The number of carboxylic acids is 1. The van der Waals surface area contributed by atoms with Crippen LogP contribution in [-0.4, -0.2) is 35.5 Å². The second kappa shape index (κ2) is 17.7. The van der Waals surface area contributed by atoms with Crippen LogP contribution in [-0.2, 0) is 14.4 Å². The fourth-order valence-electron chi connectivity index (χ4n) is 0.873. The average Bonchev–Trinajstić information content (AvgIpc) is 2.47. The lowest BCUT2D eigenvalue weighted by molar-refractivity contribution is -0.131. The normalized spacial score (nSPS) is 8.39. The van der Waals surface area contributed by atoms with Gasteiger partial charge in [-0.05, 0) is 33.3 Å². The van der Waals surface area contributed by atoms with E-state index in [1.54, 1.807) is 6.92 Å². The molecule has 0 atom stereocenters. The van der Waals surface area contributed by atoms with Gasteiger partial charge in [-0.25, -0.2) is 4.79 Å². The van der Waals surface area contributed by atoms with Crippen LogP contribution in [0.3, 0.4) is 0 Å². The summed E-state index contributed by atoms with van der Waals surface area (Å²) in [6.07, 6.45) is 4.25. The van der Waals surface area contributed by atoms with Crippen LogP contribution in [0.4, 0.5) is 0 Å². The van der Waals surface area contributed by atoms with Crippen LogP contribution in [0.2, 0.25) is 0 Å². The fraction of sp³-hybridized carbons (Fsp3) is 0.471. The molecule has 6 heteroatoms. The predicted octanol–water partition coefficient (Wildman–Crippen LogP) is 2.43. The molecule has 0 saturated heterocycles. The van der Waals surface area contributed by atoms with Gasteiger partial charge in [-0.3, -0.25) is 9.59 Å². The van der Waals surface area contributed by atoms with Crippen molar-refractivity contribution in [3.63, 3.8) is 0 Å². The predicted molar refractivity (Wildman–Crippen MR) is 94.0 cm³/mol. The Hall–Kier alpha value is -2.37. The number of nitrogens with one attached hydrogen (secondary N) is 2. The van der Waals surface area contributed by atoms with Gasteiger partial charge in [-0.1, -0.05) is 33.1 Å². The van der Waals surface area contributed by atoms with Gasteiger partial charge in [0, 0.05) is 24.2 Å². The Kier molecular flexibility index (Phi) is 19.7. The van der Waals surface area contributed by atoms with E-state index in [-0.39, 0.29) is 17.9 Å². The van der Waals surface area contributed by atoms with Gasteiger partial charge in [0.1, 0.15) is 0 Å². The van der Waals surface area contributed by atoms with E-state index in [2.05, 4.69) is 37.3 Å². The first-order chi connectivity index (χ1) is 10.6. The molecule has 0 spiro atoms. The first-order valence-corrected chi connectivity index (χ1v) is 7.34. The molecule has 0 saturated carbocycles. The van der Waals surface area contributed by atoms with Crippen molar-refractivity contribution in [2.45, 2.75) is 46.6 Å². The molecule has 0 aromatic rings. The van der Waals surface area contributed by atoms with Crippen LogP contribution in [0.5, 0.6) is 0 Å². The summed E-state index contributed by atoms with van der Waals surface area (Å²) in [4.78, 5) is 30.5. The number of carbonyl (C=O) groups is 3. The monoisotopic (exact) mass is 326 g/mol. The average molecular weight is 326 g/mol. The summed E-state index contributed by atoms with van der Waals surface area (Å²) in [5.41, 5.74) is 0.580. The highest BCUT2D eigenvalue weighted by atomic mass is 16.4. The Bertz CT molecular complexity index is 401. The number of carbonyl (C=O) groups excluding carboxylic acids is 2. The third-order valence-electron chi connectivity index (χ3n) is 1.99. The summed E-state index contributed by atoms with van der Waals surface area (Å²) >= 11 is 0. The van der Waals surface area contributed by atoms with Crippen molar-refractivity contribution in [2.24, 2.45) is 0 Å². The molecule has 0 fully saturated rings. The van der Waals surface area contributed by atoms with Crippen LogP contribution in [0, 0.1) is 0 Å². The number of hydrogen-bond donors (Lipinski definition) is 3. The second-order valence-corrected chi connectivity index (χ2v) is 4.80. The molecule has 0 aliphatic rings. The molecule has 0 bridgehead atoms. The molecular weight excluding hydrogens is 296 g/mol. The Labute approximate surface area is 139 Å². The maximum Gasteiger partial charge on any atom is 0.327 e. The molecule has 0 radical (unpaired) electrons. The van der Waals surface area contributed by atoms with E-state index < -0.39 is 5.97 Å². The lowest BCUT2D eigenvalue weighted by Gasteiger charge is -2.02. The Morgan fingerprint density at radius 2 is 1.65 bits per heavy atom. The summed E-state index contributed by atoms with van der Waals surface area (Å²) in [6, 6.07) is 0.209. The first kappa shape index (κ1) is 25.6. The van der Waals surface area contributed by atoms with Gasteiger partial charge in [0.2, 0.25) is 11.8 Å². The van der Waals surface area contributed by atoms with Crippen LogP contribution in [0.25, 0.3) is 0 Å². The largest absolute Gasteiger partial charge is 0.478 e. The molecule has 0 heterocycles. The molecule has 23 heavy (non-hydrogen) atoms. The molecule has 3 N–H and O–H groups in total. The number of carboxylic acid groups (broad SMARTS) is 1. The van der Waals surface area contributed by atoms with Crippen molar-refractivity contribution in [1.29, 1.82) is 0 Å². The SMILES string of the molecule is C=C(C)C(=O)NCCCC.C=CC(=O)NC(C)C.C=CC(=O)O. The zero-order chi connectivity index (χ0) is 18.8. The molecule has 0 unspecified atom stereocenters. The lowest BCUT2D eigenvalue weighted by Crippen LogP contribution is -2.27. The number of aliphatic carboxylic acids is 1. The van der Waals surface area contributed by atoms with Gasteiger partial charge in [0.05, 0.1) is 0 Å². The van der Waals surface area contributed by atoms with Gasteiger partial charge in [0.15, 0.2) is 0 Å². The molecule has 0 aromatic heterocycles. The summed E-state index contributed by atoms with van der Waals surface area (Å²) in [5, 5.41) is 13.0. The van der Waals surface area contributed by atoms with Gasteiger partial charge < -0.3 is 15.7 Å². The van der Waals surface area contributed by atoms with Crippen molar-refractivity contribution in [2.75, 3.05) is 6.54 Å². The van der Waals surface area contributed by atoms with E-state index in [1.807, 2.05) is 13.8 Å². The Morgan fingerprint density at radius 3 is 1.87 bits per heavy atom. The quantitative estimate of drug-likeness (QED) is 0.494. The van der Waals surface area contributed by atoms with E-state index in [1.165, 1.54) is 6.08 Å². The second-order valence-electron chi connectivity index (χ2n) is 4.80. The number of rotatable bonds is 7. The van der Waals surface area contributed by atoms with Crippen molar-refractivity contribution in [3.8, 4) is 0 Å². The van der Waals surface area contributed by atoms with Gasteiger partial charge in [-0.15, -0.1) is 0 Å². The number of unbranched alkanes of at least 4 members (excludes halogenated alkanes) is 1. The van der Waals surface area contributed by atoms with Gasteiger partial charge in [0.25, 0.3) is 0 Å². The van der Waals surface area contributed by atoms with Crippen molar-refractivity contribution in [3.05, 3.63) is 37.5 Å². The fourth-order valence-corrected chi connectivity index (χ4v) is 0.873. The van der Waals surface area contributed by atoms with Crippen LogP contribution in [0.15, 0.2) is 37.5 Å². The molecule has 6 nitrogen and oxygen atoms in total. The maximum atomic E-state index is 10.8. The zero-order valence-electron chi connectivity index (χ0n) is 14.6. The van der Waals surface area contributed by atoms with E-state index in [0.29, 0.717) is 5.57 Å². The summed E-state index contributed by atoms with van der Waals surface area (Å²) in [6.45, 7) is 18.2. The maximum absolute atomic E-state index is 10.8. The minimum absolute atomic E-state index is 0.0338. The summed E-state index contributed by atoms with van der Waals surface area (Å²) in [5.74, 6) is -1.13. The molecule has 132 valence electrons. The number of hydrogen-bond acceptors (Lipinski definition) is 3. The van der Waals surface area contributed by atoms with Gasteiger partial charge in [-0.2, -0.15) is 0 Å². The molecule has 0 aliphatic heterocycles. The molecule has 0 rings (SSSR count). The summed E-state index contributed by atoms with van der Waals surface area (Å²) < 4.78 is 0. The van der Waals surface area contributed by atoms with E-state index in [4.69, 9.17) is 5.11 Å². The summed E-state index contributed by atoms with van der Waals surface area (Å²) in [7, 11) is 0. The topological polar surface area (TPSA) is 95.5 Å². The Balaban J connectivity index is -0.000000276. The Morgan fingerprint density at radius 1 is 1.17 bits per heavy atom. The van der Waals surface area contributed by atoms with Gasteiger partial charge >= 0.3 is 5.97 Å². The van der Waals surface area contributed by atoms with Crippen LogP contribution < -0.4 is 10.6 Å². The third-order valence-corrected chi connectivity index (χ3v) is 1.99. The van der Waals surface area contributed by atoms with Crippen molar-refractivity contribution < 1.29 is 19.5 Å². The first-order valence-electron chi connectivity index (χ1n) is 7.34. The van der Waals surface area contributed by atoms with Crippen LogP contribution >= 0.6 is 0 Å². The zero-order valence-corrected chi connectivity index (χ0v) is 14.6. The minimum Gasteiger partial charge on any atom is -0.478 e. The minimum atomic E-state index is -0.981. The van der Waals surface area contributed by atoms with E-state index in [0.717, 1.165) is 25.5 Å². The standard InChI is InChI=1S/C8H15NO.C6H11NO.C3H4O2/c1-4-5-6-9-8(10)7(2)3;1-4-6(8)7-5(2)3;1-2-3(4)5/h2,4-6H2,1,3H3,(H,9,10);4-5H,1H2,2-3H3,(H,7,8);2H,1H2,(H,4,5). The van der Waals surface area contributed by atoms with Crippen molar-refractivity contribution >= 4 is 17.8 Å². The molecule has 0 aliphatic carbocycles. The molecule has 2 amide bonds. The smallest absolute Gasteiger partial charge is 0.327 e. The lowest BCUT2D eigenvalue weighted by atomic mass is 10.3.